The second-order valence-corrected chi connectivity index (χ2v) is 6.82. The van der Waals surface area contributed by atoms with Crippen molar-refractivity contribution in [3.05, 3.63) is 0 Å². The molecule has 92 valence electrons. The van der Waals surface area contributed by atoms with Crippen molar-refractivity contribution in [3.8, 4) is 0 Å². The quantitative estimate of drug-likeness (QED) is 0.541. The zero-order chi connectivity index (χ0) is 11.9. The highest BCUT2D eigenvalue weighted by Gasteiger charge is 2.33. The first-order valence-electron chi connectivity index (χ1n) is 6.50. The molecule has 0 atom stereocenters. The van der Waals surface area contributed by atoms with E-state index in [2.05, 4.69) is 34.6 Å². The molecular weight excluding hydrogens is 204 g/mol. The molecule has 0 saturated heterocycles. The Morgan fingerprint density at radius 1 is 0.867 bits per heavy atom. The highest BCUT2D eigenvalue weighted by Crippen LogP contribution is 2.39. The van der Waals surface area contributed by atoms with E-state index < -0.39 is 0 Å². The van der Waals surface area contributed by atoms with E-state index in [9.17, 15) is 0 Å². The van der Waals surface area contributed by atoms with Gasteiger partial charge in [-0.15, -0.1) is 11.6 Å². The molecule has 15 heavy (non-hydrogen) atoms. The Labute approximate surface area is 102 Å². The van der Waals surface area contributed by atoms with Crippen molar-refractivity contribution in [2.75, 3.05) is 0 Å². The van der Waals surface area contributed by atoms with Crippen LogP contribution in [0.15, 0.2) is 0 Å². The normalized spacial score (nSPS) is 17.2. The summed E-state index contributed by atoms with van der Waals surface area (Å²) in [5.41, 5.74) is 0.253. The molecule has 0 N–H and O–H groups in total. The molecule has 1 fully saturated rings. The fourth-order valence-electron chi connectivity index (χ4n) is 1.81. The van der Waals surface area contributed by atoms with E-state index in [1.165, 1.54) is 44.9 Å². The number of halogens is 1. The maximum Gasteiger partial charge on any atom is 0.0441 e. The van der Waals surface area contributed by atoms with Crippen molar-refractivity contribution in [2.24, 2.45) is 5.41 Å². The Kier molecular flexibility index (Phi) is 6.91. The Morgan fingerprint density at radius 2 is 1.20 bits per heavy atom. The summed E-state index contributed by atoms with van der Waals surface area (Å²) in [5.74, 6) is 0. The number of rotatable bonds is 3. The summed E-state index contributed by atoms with van der Waals surface area (Å²) in [6.07, 6.45) is 9.91. The maximum atomic E-state index is 6.20. The minimum absolute atomic E-state index is 0.0803. The summed E-state index contributed by atoms with van der Waals surface area (Å²) in [4.78, 5) is -0.0803. The second kappa shape index (κ2) is 6.78. The summed E-state index contributed by atoms with van der Waals surface area (Å²) in [7, 11) is 0. The molecular formula is C14H29Cl. The third kappa shape index (κ3) is 6.45. The molecule has 1 rings (SSSR count). The molecule has 0 heterocycles. The van der Waals surface area contributed by atoms with Crippen LogP contribution in [-0.4, -0.2) is 4.87 Å². The number of hydrogen-bond acceptors (Lipinski definition) is 0. The lowest BCUT2D eigenvalue weighted by atomic mass is 9.77. The van der Waals surface area contributed by atoms with Crippen molar-refractivity contribution in [1.29, 1.82) is 0 Å². The summed E-state index contributed by atoms with van der Waals surface area (Å²) in [6.45, 7) is 10.8. The van der Waals surface area contributed by atoms with Crippen LogP contribution in [0.2, 0.25) is 0 Å². The minimum Gasteiger partial charge on any atom is -0.119 e. The molecule has 0 aromatic carbocycles. The van der Waals surface area contributed by atoms with Gasteiger partial charge in [0.2, 0.25) is 0 Å². The largest absolute Gasteiger partial charge is 0.119 e. The number of hydrogen-bond donors (Lipinski definition) is 0. The molecule has 0 amide bonds. The second-order valence-electron chi connectivity index (χ2n) is 5.87. The Balaban J connectivity index is 0.000000322. The summed E-state index contributed by atoms with van der Waals surface area (Å²) < 4.78 is 0. The van der Waals surface area contributed by atoms with Crippen LogP contribution in [-0.2, 0) is 0 Å². The van der Waals surface area contributed by atoms with Gasteiger partial charge < -0.3 is 0 Å². The van der Waals surface area contributed by atoms with Gasteiger partial charge >= 0.3 is 0 Å². The van der Waals surface area contributed by atoms with Crippen LogP contribution >= 0.6 is 11.6 Å². The van der Waals surface area contributed by atoms with Gasteiger partial charge in [0.05, 0.1) is 0 Å². The summed E-state index contributed by atoms with van der Waals surface area (Å²) in [5, 5.41) is 0. The van der Waals surface area contributed by atoms with Crippen molar-refractivity contribution in [3.63, 3.8) is 0 Å². The van der Waals surface area contributed by atoms with Crippen LogP contribution < -0.4 is 0 Å². The van der Waals surface area contributed by atoms with Gasteiger partial charge in [0.15, 0.2) is 0 Å². The Bertz CT molecular complexity index is 142. The average Bonchev–Trinajstić information content (AvgIpc) is 2.57. The third-order valence-corrected chi connectivity index (χ3v) is 4.25. The van der Waals surface area contributed by atoms with E-state index in [-0.39, 0.29) is 10.3 Å². The first kappa shape index (κ1) is 15.3. The molecule has 1 saturated carbocycles. The maximum absolute atomic E-state index is 6.20. The first-order chi connectivity index (χ1) is 6.81. The molecule has 0 nitrogen and oxygen atoms in total. The van der Waals surface area contributed by atoms with Gasteiger partial charge in [-0.1, -0.05) is 59.3 Å². The smallest absolute Gasteiger partial charge is 0.0441 e. The Morgan fingerprint density at radius 3 is 1.33 bits per heavy atom. The van der Waals surface area contributed by atoms with Gasteiger partial charge in [-0.05, 0) is 25.7 Å². The lowest BCUT2D eigenvalue weighted by molar-refractivity contribution is 0.251. The summed E-state index contributed by atoms with van der Waals surface area (Å²) >= 11 is 6.20. The highest BCUT2D eigenvalue weighted by atomic mass is 35.5. The first-order valence-corrected chi connectivity index (χ1v) is 6.88. The highest BCUT2D eigenvalue weighted by molar-refractivity contribution is 6.23. The van der Waals surface area contributed by atoms with Crippen molar-refractivity contribution < 1.29 is 0 Å². The van der Waals surface area contributed by atoms with Gasteiger partial charge in [0.25, 0.3) is 0 Å². The third-order valence-electron chi connectivity index (χ3n) is 3.73. The molecule has 1 heteroatoms. The molecule has 0 radical (unpaired) electrons. The molecule has 0 aliphatic heterocycles. The van der Waals surface area contributed by atoms with E-state index in [1.807, 2.05) is 0 Å². The lowest BCUT2D eigenvalue weighted by Gasteiger charge is -2.36. The SMILES string of the molecule is C1CCCC1.CCCC(C)(C)C(C)(C)Cl. The van der Waals surface area contributed by atoms with E-state index >= 15 is 0 Å². The van der Waals surface area contributed by atoms with Crippen LogP contribution in [0.25, 0.3) is 0 Å². The Hall–Kier alpha value is 0.290. The monoisotopic (exact) mass is 232 g/mol. The average molecular weight is 233 g/mol. The van der Waals surface area contributed by atoms with Crippen LogP contribution in [0.3, 0.4) is 0 Å². The fourth-order valence-corrected chi connectivity index (χ4v) is 1.90. The van der Waals surface area contributed by atoms with Crippen LogP contribution in [0.1, 0.15) is 79.6 Å². The zero-order valence-corrected chi connectivity index (χ0v) is 12.1. The van der Waals surface area contributed by atoms with Gasteiger partial charge in [-0.2, -0.15) is 0 Å². The topological polar surface area (TPSA) is 0 Å². The summed E-state index contributed by atoms with van der Waals surface area (Å²) in [6, 6.07) is 0. The van der Waals surface area contributed by atoms with Crippen LogP contribution in [0.4, 0.5) is 0 Å². The van der Waals surface area contributed by atoms with Crippen molar-refractivity contribution >= 4 is 11.6 Å². The molecule has 0 bridgehead atoms. The van der Waals surface area contributed by atoms with Crippen LogP contribution in [0.5, 0.6) is 0 Å². The van der Waals surface area contributed by atoms with E-state index in [1.54, 1.807) is 0 Å². The van der Waals surface area contributed by atoms with E-state index in [0.717, 1.165) is 0 Å². The minimum atomic E-state index is -0.0803. The molecule has 0 aromatic rings. The standard InChI is InChI=1S/C9H19Cl.C5H10/c1-6-7-8(2,3)9(4,5)10;1-2-4-5-3-1/h6-7H2,1-5H3;1-5H2. The number of alkyl halides is 1. The van der Waals surface area contributed by atoms with Gasteiger partial charge in [0, 0.05) is 4.87 Å². The van der Waals surface area contributed by atoms with Gasteiger partial charge in [-0.3, -0.25) is 0 Å². The molecule has 0 aromatic heterocycles. The van der Waals surface area contributed by atoms with Gasteiger partial charge in [0.1, 0.15) is 0 Å². The predicted octanol–water partition coefficient (Wildman–Crippen LogP) is 5.78. The van der Waals surface area contributed by atoms with E-state index in [4.69, 9.17) is 11.6 Å². The molecule has 1 aliphatic rings. The molecule has 0 unspecified atom stereocenters. The van der Waals surface area contributed by atoms with Crippen molar-refractivity contribution in [2.45, 2.75) is 84.4 Å². The van der Waals surface area contributed by atoms with Crippen molar-refractivity contribution in [1.82, 2.24) is 0 Å². The lowest BCUT2D eigenvalue weighted by Crippen LogP contribution is -2.33. The molecule has 0 spiro atoms. The molecule has 1 aliphatic carbocycles. The van der Waals surface area contributed by atoms with Crippen LogP contribution in [0, 0.1) is 5.41 Å². The van der Waals surface area contributed by atoms with Gasteiger partial charge in [-0.25, -0.2) is 0 Å². The fraction of sp³-hybridized carbons (Fsp3) is 1.00. The predicted molar refractivity (Wildman–Crippen MR) is 71.7 cm³/mol. The zero-order valence-electron chi connectivity index (χ0n) is 11.3. The van der Waals surface area contributed by atoms with E-state index in [0.29, 0.717) is 0 Å².